The van der Waals surface area contributed by atoms with Gasteiger partial charge in [0.05, 0.1) is 28.4 Å². The maximum atomic E-state index is 2.50. The third kappa shape index (κ3) is 2.46. The number of hydrogen-bond acceptors (Lipinski definition) is 4. The first-order valence-corrected chi connectivity index (χ1v) is 10.7. The Hall–Kier alpha value is -3.14. The Bertz CT molecular complexity index is 1120. The topological polar surface area (TPSA) is 13.0 Å². The van der Waals surface area contributed by atoms with Crippen molar-refractivity contribution in [3.63, 3.8) is 0 Å². The van der Waals surface area contributed by atoms with Crippen LogP contribution in [0.5, 0.6) is 0 Å². The van der Waals surface area contributed by atoms with Crippen molar-refractivity contribution in [3.8, 4) is 0 Å². The van der Waals surface area contributed by atoms with Gasteiger partial charge in [-0.3, -0.25) is 0 Å². The molecular formula is C26H30N4. The summed E-state index contributed by atoms with van der Waals surface area (Å²) >= 11 is 0. The second-order valence-electron chi connectivity index (χ2n) is 8.58. The quantitative estimate of drug-likeness (QED) is 0.512. The lowest BCUT2D eigenvalue weighted by molar-refractivity contribution is 0.724. The minimum Gasteiger partial charge on any atom is -0.353 e. The van der Waals surface area contributed by atoms with E-state index in [-0.39, 0.29) is 12.3 Å². The molecule has 0 bridgehead atoms. The first-order chi connectivity index (χ1) is 14.4. The SMILES string of the molecule is Cc1ccc(N2c3ccccc3N(C)[C@@H]2C)c(C)c1N1c2ccccc2N(C)[C@H]1C. The smallest absolute Gasteiger partial charge is 0.103 e. The van der Waals surface area contributed by atoms with E-state index < -0.39 is 0 Å². The van der Waals surface area contributed by atoms with Crippen molar-refractivity contribution >= 4 is 34.1 Å². The summed E-state index contributed by atoms with van der Waals surface area (Å²) in [5.41, 5.74) is 10.3. The average molecular weight is 399 g/mol. The fourth-order valence-electron chi connectivity index (χ4n) is 5.18. The van der Waals surface area contributed by atoms with E-state index in [4.69, 9.17) is 0 Å². The molecule has 5 rings (SSSR count). The van der Waals surface area contributed by atoms with Gasteiger partial charge in [0.15, 0.2) is 0 Å². The number of nitrogens with zero attached hydrogens (tertiary/aromatic N) is 4. The van der Waals surface area contributed by atoms with Crippen LogP contribution in [0.1, 0.15) is 25.0 Å². The van der Waals surface area contributed by atoms with Gasteiger partial charge in [-0.25, -0.2) is 0 Å². The first kappa shape index (κ1) is 18.9. The molecule has 0 fully saturated rings. The van der Waals surface area contributed by atoms with E-state index in [0.29, 0.717) is 0 Å². The molecule has 3 aromatic rings. The molecule has 0 aliphatic carbocycles. The lowest BCUT2D eigenvalue weighted by atomic mass is 10.0. The molecule has 2 heterocycles. The van der Waals surface area contributed by atoms with E-state index in [0.717, 1.165) is 0 Å². The van der Waals surface area contributed by atoms with Crippen LogP contribution in [0.3, 0.4) is 0 Å². The summed E-state index contributed by atoms with van der Waals surface area (Å²) < 4.78 is 0. The number of para-hydroxylation sites is 4. The van der Waals surface area contributed by atoms with Crippen LogP contribution in [0.15, 0.2) is 60.7 Å². The van der Waals surface area contributed by atoms with E-state index in [1.165, 1.54) is 45.3 Å². The van der Waals surface area contributed by atoms with Crippen molar-refractivity contribution in [3.05, 3.63) is 71.8 Å². The summed E-state index contributed by atoms with van der Waals surface area (Å²) in [7, 11) is 4.37. The number of rotatable bonds is 2. The van der Waals surface area contributed by atoms with Gasteiger partial charge in [-0.1, -0.05) is 30.3 Å². The molecule has 0 N–H and O–H groups in total. The molecule has 4 nitrogen and oxygen atoms in total. The van der Waals surface area contributed by atoms with Crippen LogP contribution < -0.4 is 19.6 Å². The molecule has 4 heteroatoms. The Labute approximate surface area is 179 Å². The van der Waals surface area contributed by atoms with Crippen molar-refractivity contribution in [2.24, 2.45) is 0 Å². The third-order valence-electron chi connectivity index (χ3n) is 7.02. The number of aryl methyl sites for hydroxylation is 1. The van der Waals surface area contributed by atoms with Gasteiger partial charge in [-0.2, -0.15) is 0 Å². The average Bonchev–Trinajstić information content (AvgIpc) is 3.15. The second-order valence-corrected chi connectivity index (χ2v) is 8.58. The summed E-state index contributed by atoms with van der Waals surface area (Å²) in [4.78, 5) is 9.70. The largest absolute Gasteiger partial charge is 0.353 e. The Morgan fingerprint density at radius 2 is 1.03 bits per heavy atom. The van der Waals surface area contributed by atoms with E-state index >= 15 is 0 Å². The fourth-order valence-corrected chi connectivity index (χ4v) is 5.18. The highest BCUT2D eigenvalue weighted by molar-refractivity contribution is 5.90. The van der Waals surface area contributed by atoms with Crippen LogP contribution in [0.25, 0.3) is 0 Å². The number of hydrogen-bond donors (Lipinski definition) is 0. The van der Waals surface area contributed by atoms with Gasteiger partial charge >= 0.3 is 0 Å². The van der Waals surface area contributed by atoms with Crippen LogP contribution in [0.2, 0.25) is 0 Å². The molecule has 30 heavy (non-hydrogen) atoms. The number of benzene rings is 3. The van der Waals surface area contributed by atoms with Gasteiger partial charge in [0.1, 0.15) is 12.3 Å². The molecule has 2 atom stereocenters. The van der Waals surface area contributed by atoms with Crippen LogP contribution in [0, 0.1) is 13.8 Å². The minimum absolute atomic E-state index is 0.265. The van der Waals surface area contributed by atoms with Crippen molar-refractivity contribution in [1.82, 2.24) is 0 Å². The summed E-state index contributed by atoms with van der Waals surface area (Å²) in [6.45, 7) is 9.07. The zero-order chi connectivity index (χ0) is 21.2. The summed E-state index contributed by atoms with van der Waals surface area (Å²) in [5.74, 6) is 0. The predicted octanol–water partition coefficient (Wildman–Crippen LogP) is 6.17. The van der Waals surface area contributed by atoms with Crippen LogP contribution in [-0.2, 0) is 0 Å². The lowest BCUT2D eigenvalue weighted by Crippen LogP contribution is -2.37. The van der Waals surface area contributed by atoms with Gasteiger partial charge in [-0.15, -0.1) is 0 Å². The molecule has 0 spiro atoms. The minimum atomic E-state index is 0.265. The number of anilines is 6. The summed E-state index contributed by atoms with van der Waals surface area (Å²) in [5, 5.41) is 0. The maximum absolute atomic E-state index is 2.50. The highest BCUT2D eigenvalue weighted by atomic mass is 15.4. The molecule has 3 aromatic carbocycles. The Morgan fingerprint density at radius 1 is 0.567 bits per heavy atom. The lowest BCUT2D eigenvalue weighted by Gasteiger charge is -2.34. The van der Waals surface area contributed by atoms with Gasteiger partial charge in [-0.05, 0) is 69.2 Å². The number of fused-ring (bicyclic) bond motifs is 2. The van der Waals surface area contributed by atoms with E-state index in [1.807, 2.05) is 0 Å². The molecule has 2 aliphatic heterocycles. The molecular weight excluding hydrogens is 368 g/mol. The van der Waals surface area contributed by atoms with Gasteiger partial charge in [0.2, 0.25) is 0 Å². The summed E-state index contributed by atoms with van der Waals surface area (Å²) in [6.07, 6.45) is 0.531. The van der Waals surface area contributed by atoms with Gasteiger partial charge < -0.3 is 19.6 Å². The fraction of sp³-hybridized carbons (Fsp3) is 0.308. The molecule has 0 aromatic heterocycles. The molecule has 0 saturated heterocycles. The zero-order valence-electron chi connectivity index (χ0n) is 18.7. The van der Waals surface area contributed by atoms with Crippen LogP contribution >= 0.6 is 0 Å². The molecule has 0 amide bonds. The van der Waals surface area contributed by atoms with E-state index in [2.05, 4.69) is 122 Å². The molecule has 0 radical (unpaired) electrons. The van der Waals surface area contributed by atoms with Crippen LogP contribution in [0.4, 0.5) is 34.1 Å². The Balaban J connectivity index is 1.69. The monoisotopic (exact) mass is 398 g/mol. The second kappa shape index (κ2) is 6.69. The van der Waals surface area contributed by atoms with Gasteiger partial charge in [0, 0.05) is 19.8 Å². The first-order valence-electron chi connectivity index (χ1n) is 10.7. The van der Waals surface area contributed by atoms with Crippen molar-refractivity contribution in [2.45, 2.75) is 40.0 Å². The van der Waals surface area contributed by atoms with Crippen molar-refractivity contribution in [1.29, 1.82) is 0 Å². The maximum Gasteiger partial charge on any atom is 0.103 e. The highest BCUT2D eigenvalue weighted by Gasteiger charge is 2.36. The third-order valence-corrected chi connectivity index (χ3v) is 7.02. The Morgan fingerprint density at radius 3 is 1.60 bits per heavy atom. The molecule has 0 saturated carbocycles. The standard InChI is InChI=1S/C26H30N4/c1-17-15-16-21(29-19(3)27(5)22-11-7-9-13-24(22)29)18(2)26(17)30-20(4)28(6)23-12-8-10-14-25(23)30/h7-16,19-20H,1-6H3/t19-,20+/m0/s1. The van der Waals surface area contributed by atoms with E-state index in [9.17, 15) is 0 Å². The molecule has 154 valence electrons. The van der Waals surface area contributed by atoms with E-state index in [1.54, 1.807) is 0 Å². The summed E-state index contributed by atoms with van der Waals surface area (Å²) in [6, 6.07) is 22.0. The highest BCUT2D eigenvalue weighted by Crippen LogP contribution is 2.49. The zero-order valence-corrected chi connectivity index (χ0v) is 18.7. The predicted molar refractivity (Wildman–Crippen MR) is 129 cm³/mol. The van der Waals surface area contributed by atoms with Crippen molar-refractivity contribution < 1.29 is 0 Å². The normalized spacial score (nSPS) is 20.1. The molecule has 2 aliphatic rings. The Kier molecular flexibility index (Phi) is 4.21. The van der Waals surface area contributed by atoms with Crippen molar-refractivity contribution in [2.75, 3.05) is 33.7 Å². The van der Waals surface area contributed by atoms with Gasteiger partial charge in [0.25, 0.3) is 0 Å². The van der Waals surface area contributed by atoms with Crippen LogP contribution in [-0.4, -0.2) is 26.4 Å². The molecule has 0 unspecified atom stereocenters.